The number of carbonyl (C=O) groups is 1. The molecule has 0 saturated heterocycles. The summed E-state index contributed by atoms with van der Waals surface area (Å²) in [4.78, 5) is 16.2. The Hall–Kier alpha value is -1.49. The lowest BCUT2D eigenvalue weighted by Crippen LogP contribution is -2.29. The van der Waals surface area contributed by atoms with Crippen LogP contribution in [0.2, 0.25) is 0 Å². The number of aliphatic hydroxyl groups is 1. The van der Waals surface area contributed by atoms with Gasteiger partial charge in [0.2, 0.25) is 5.95 Å². The number of halogens is 1. The van der Waals surface area contributed by atoms with Crippen LogP contribution in [-0.4, -0.2) is 41.1 Å². The van der Waals surface area contributed by atoms with E-state index in [9.17, 15) is 9.18 Å². The lowest BCUT2D eigenvalue weighted by molar-refractivity contribution is 0.0766. The summed E-state index contributed by atoms with van der Waals surface area (Å²) in [6.07, 6.45) is 1.23. The third kappa shape index (κ3) is 2.50. The number of nitrogens with zero attached hydrogens (tertiary/aromatic N) is 2. The highest BCUT2D eigenvalue weighted by Gasteiger charge is 2.11. The van der Waals surface area contributed by atoms with Crippen molar-refractivity contribution in [3.05, 3.63) is 29.8 Å². The van der Waals surface area contributed by atoms with Crippen molar-refractivity contribution in [2.75, 3.05) is 20.2 Å². The molecule has 0 atom stereocenters. The van der Waals surface area contributed by atoms with Gasteiger partial charge in [0.05, 0.1) is 6.61 Å². The summed E-state index contributed by atoms with van der Waals surface area (Å²) in [5.74, 6) is -1.02. The van der Waals surface area contributed by atoms with Crippen LogP contribution in [0, 0.1) is 5.95 Å². The van der Waals surface area contributed by atoms with E-state index < -0.39 is 5.95 Å². The number of carbonyl (C=O) groups excluding carboxylic acids is 1. The molecule has 76 valence electrons. The molecule has 1 N–H and O–H groups in total. The zero-order chi connectivity index (χ0) is 10.6. The standard InChI is InChI=1S/C9H11FN2O2/c1-12(4-5-13)9(14)7-2-3-11-8(10)6-7/h2-3,6,13H,4-5H2,1H3. The monoisotopic (exact) mass is 198 g/mol. The fourth-order valence-electron chi connectivity index (χ4n) is 1.01. The van der Waals surface area contributed by atoms with E-state index in [1.54, 1.807) is 0 Å². The lowest BCUT2D eigenvalue weighted by Gasteiger charge is -2.15. The molecule has 0 spiro atoms. The van der Waals surface area contributed by atoms with Crippen molar-refractivity contribution in [1.29, 1.82) is 0 Å². The molecule has 1 heterocycles. The van der Waals surface area contributed by atoms with Gasteiger partial charge in [0.1, 0.15) is 0 Å². The number of aliphatic hydroxyl groups excluding tert-OH is 1. The molecule has 5 heteroatoms. The summed E-state index contributed by atoms with van der Waals surface area (Å²) in [5.41, 5.74) is 0.230. The molecule has 1 amide bonds. The van der Waals surface area contributed by atoms with Gasteiger partial charge in [-0.2, -0.15) is 4.39 Å². The first kappa shape index (κ1) is 10.6. The summed E-state index contributed by atoms with van der Waals surface area (Å²) in [7, 11) is 1.54. The minimum Gasteiger partial charge on any atom is -0.395 e. The van der Waals surface area contributed by atoms with Crippen LogP contribution in [0.4, 0.5) is 4.39 Å². The van der Waals surface area contributed by atoms with E-state index in [4.69, 9.17) is 5.11 Å². The van der Waals surface area contributed by atoms with Crippen molar-refractivity contribution in [2.45, 2.75) is 0 Å². The minimum absolute atomic E-state index is 0.115. The van der Waals surface area contributed by atoms with E-state index in [0.717, 1.165) is 6.07 Å². The Morgan fingerprint density at radius 2 is 2.43 bits per heavy atom. The third-order valence-electron chi connectivity index (χ3n) is 1.76. The fraction of sp³-hybridized carbons (Fsp3) is 0.333. The zero-order valence-corrected chi connectivity index (χ0v) is 7.77. The molecule has 0 bridgehead atoms. The summed E-state index contributed by atoms with van der Waals surface area (Å²) >= 11 is 0. The number of aromatic nitrogens is 1. The van der Waals surface area contributed by atoms with Crippen LogP contribution in [0.5, 0.6) is 0 Å². The van der Waals surface area contributed by atoms with Crippen LogP contribution in [0.15, 0.2) is 18.3 Å². The summed E-state index contributed by atoms with van der Waals surface area (Å²) in [6.45, 7) is 0.110. The van der Waals surface area contributed by atoms with E-state index in [1.807, 2.05) is 0 Å². The fourth-order valence-corrected chi connectivity index (χ4v) is 1.01. The number of hydrogen-bond acceptors (Lipinski definition) is 3. The average Bonchev–Trinajstić information content (AvgIpc) is 2.17. The summed E-state index contributed by atoms with van der Waals surface area (Å²) in [5, 5.41) is 8.61. The topological polar surface area (TPSA) is 53.4 Å². The van der Waals surface area contributed by atoms with E-state index >= 15 is 0 Å². The van der Waals surface area contributed by atoms with E-state index in [1.165, 1.54) is 24.2 Å². The zero-order valence-electron chi connectivity index (χ0n) is 7.77. The van der Waals surface area contributed by atoms with Crippen LogP contribution in [0.3, 0.4) is 0 Å². The maximum atomic E-state index is 12.6. The average molecular weight is 198 g/mol. The first-order chi connectivity index (χ1) is 6.65. The molecule has 0 aliphatic rings. The van der Waals surface area contributed by atoms with Crippen molar-refractivity contribution >= 4 is 5.91 Å². The Kier molecular flexibility index (Phi) is 3.53. The predicted octanol–water partition coefficient (Wildman–Crippen LogP) is 0.285. The Labute approximate surface area is 81.0 Å². The molecular formula is C9H11FN2O2. The minimum atomic E-state index is -0.687. The maximum Gasteiger partial charge on any atom is 0.253 e. The Bertz CT molecular complexity index is 330. The molecule has 0 saturated carbocycles. The predicted molar refractivity (Wildman–Crippen MR) is 48.2 cm³/mol. The van der Waals surface area contributed by atoms with Gasteiger partial charge in [-0.15, -0.1) is 0 Å². The molecule has 14 heavy (non-hydrogen) atoms. The molecule has 1 rings (SSSR count). The van der Waals surface area contributed by atoms with E-state index in [2.05, 4.69) is 4.98 Å². The molecule has 0 fully saturated rings. The van der Waals surface area contributed by atoms with Gasteiger partial charge in [0, 0.05) is 31.4 Å². The van der Waals surface area contributed by atoms with Gasteiger partial charge in [0.15, 0.2) is 0 Å². The van der Waals surface area contributed by atoms with Crippen LogP contribution >= 0.6 is 0 Å². The van der Waals surface area contributed by atoms with Gasteiger partial charge < -0.3 is 10.0 Å². The number of amides is 1. The second-order valence-electron chi connectivity index (χ2n) is 2.82. The van der Waals surface area contributed by atoms with Crippen molar-refractivity contribution in [3.63, 3.8) is 0 Å². The SMILES string of the molecule is CN(CCO)C(=O)c1ccnc(F)c1. The molecule has 4 nitrogen and oxygen atoms in total. The van der Waals surface area contributed by atoms with Crippen LogP contribution < -0.4 is 0 Å². The highest BCUT2D eigenvalue weighted by molar-refractivity contribution is 5.93. The van der Waals surface area contributed by atoms with Gasteiger partial charge in [0.25, 0.3) is 5.91 Å². The van der Waals surface area contributed by atoms with Crippen LogP contribution in [0.1, 0.15) is 10.4 Å². The Morgan fingerprint density at radius 3 is 3.00 bits per heavy atom. The van der Waals surface area contributed by atoms with E-state index in [-0.39, 0.29) is 24.6 Å². The van der Waals surface area contributed by atoms with Crippen molar-refractivity contribution < 1.29 is 14.3 Å². The van der Waals surface area contributed by atoms with Gasteiger partial charge in [-0.3, -0.25) is 4.79 Å². The first-order valence-corrected chi connectivity index (χ1v) is 4.13. The second-order valence-corrected chi connectivity index (χ2v) is 2.82. The molecule has 1 aromatic rings. The highest BCUT2D eigenvalue weighted by atomic mass is 19.1. The number of pyridine rings is 1. The Morgan fingerprint density at radius 1 is 1.71 bits per heavy atom. The van der Waals surface area contributed by atoms with Gasteiger partial charge in [-0.25, -0.2) is 4.98 Å². The summed E-state index contributed by atoms with van der Waals surface area (Å²) < 4.78 is 12.6. The van der Waals surface area contributed by atoms with Gasteiger partial charge in [-0.1, -0.05) is 0 Å². The van der Waals surface area contributed by atoms with Crippen LogP contribution in [0.25, 0.3) is 0 Å². The molecule has 0 aliphatic carbocycles. The molecule has 1 aromatic heterocycles. The maximum absolute atomic E-state index is 12.6. The highest BCUT2D eigenvalue weighted by Crippen LogP contribution is 2.03. The smallest absolute Gasteiger partial charge is 0.253 e. The van der Waals surface area contributed by atoms with Crippen molar-refractivity contribution in [1.82, 2.24) is 9.88 Å². The largest absolute Gasteiger partial charge is 0.395 e. The lowest BCUT2D eigenvalue weighted by atomic mass is 10.2. The van der Waals surface area contributed by atoms with Gasteiger partial charge >= 0.3 is 0 Å². The second kappa shape index (κ2) is 4.66. The number of hydrogen-bond donors (Lipinski definition) is 1. The normalized spacial score (nSPS) is 9.93. The molecule has 0 unspecified atom stereocenters. The van der Waals surface area contributed by atoms with Crippen LogP contribution in [-0.2, 0) is 0 Å². The molecule has 0 aliphatic heterocycles. The van der Waals surface area contributed by atoms with Crippen molar-refractivity contribution in [3.8, 4) is 0 Å². The van der Waals surface area contributed by atoms with Crippen molar-refractivity contribution in [2.24, 2.45) is 0 Å². The first-order valence-electron chi connectivity index (χ1n) is 4.13. The molecule has 0 radical (unpaired) electrons. The number of likely N-dealkylation sites (N-methyl/N-ethyl adjacent to an activating group) is 1. The Balaban J connectivity index is 2.78. The quantitative estimate of drug-likeness (QED) is 0.710. The van der Waals surface area contributed by atoms with E-state index in [0.29, 0.717) is 0 Å². The third-order valence-corrected chi connectivity index (χ3v) is 1.76. The molecule has 0 aromatic carbocycles. The number of rotatable bonds is 3. The summed E-state index contributed by atoms with van der Waals surface area (Å²) in [6, 6.07) is 2.50. The van der Waals surface area contributed by atoms with Gasteiger partial charge in [-0.05, 0) is 6.07 Å². The molecular weight excluding hydrogens is 187 g/mol.